The highest BCUT2D eigenvalue weighted by Crippen LogP contribution is 2.12. The van der Waals surface area contributed by atoms with E-state index in [0.717, 1.165) is 4.47 Å². The molecule has 3 N–H and O–H groups in total. The molecular weight excluding hydrogens is 410 g/mol. The minimum Gasteiger partial charge on any atom is -0.355 e. The molecule has 1 aromatic carbocycles. The summed E-state index contributed by atoms with van der Waals surface area (Å²) in [5.41, 5.74) is 0.532. The molecule has 0 fully saturated rings. The van der Waals surface area contributed by atoms with Gasteiger partial charge in [0, 0.05) is 35.5 Å². The largest absolute Gasteiger partial charge is 0.355 e. The van der Waals surface area contributed by atoms with Crippen molar-refractivity contribution in [3.8, 4) is 0 Å². The fraction of sp³-hybridized carbons (Fsp3) is 0.471. The number of hydrogen-bond acceptors (Lipinski definition) is 4. The molecule has 0 bridgehead atoms. The Morgan fingerprint density at radius 2 is 1.60 bits per heavy atom. The second-order valence-electron chi connectivity index (χ2n) is 5.65. The van der Waals surface area contributed by atoms with E-state index in [4.69, 9.17) is 0 Å². The molecule has 0 heterocycles. The van der Waals surface area contributed by atoms with Crippen LogP contribution in [0.2, 0.25) is 0 Å². The fourth-order valence-electron chi connectivity index (χ4n) is 1.93. The van der Waals surface area contributed by atoms with E-state index in [1.807, 2.05) is 14.0 Å². The van der Waals surface area contributed by atoms with Crippen LogP contribution in [0.15, 0.2) is 28.7 Å². The standard InChI is InChI=1S/C17H24BrN3O3.ClH/c1-11(19-3)10-20-15(22)8-9-16(23)21-12(2)17(24)13-4-6-14(18)7-5-13;/h4-7,11-12,19H,8-10H2,1-3H3,(H,20,22)(H,21,23);1H. The topological polar surface area (TPSA) is 87.3 Å². The van der Waals surface area contributed by atoms with Crippen LogP contribution >= 0.6 is 28.3 Å². The molecule has 1 rings (SSSR count). The summed E-state index contributed by atoms with van der Waals surface area (Å²) in [6, 6.07) is 6.49. The maximum atomic E-state index is 12.2. The molecule has 0 aliphatic rings. The summed E-state index contributed by atoms with van der Waals surface area (Å²) in [5, 5.41) is 8.38. The maximum absolute atomic E-state index is 12.2. The van der Waals surface area contributed by atoms with Crippen LogP contribution in [0.5, 0.6) is 0 Å². The first-order chi connectivity index (χ1) is 11.3. The molecule has 1 aromatic rings. The molecule has 140 valence electrons. The van der Waals surface area contributed by atoms with Gasteiger partial charge in [-0.15, -0.1) is 12.4 Å². The first-order valence-electron chi connectivity index (χ1n) is 7.86. The molecule has 8 heteroatoms. The lowest BCUT2D eigenvalue weighted by Gasteiger charge is -2.14. The van der Waals surface area contributed by atoms with Gasteiger partial charge in [0.05, 0.1) is 6.04 Å². The van der Waals surface area contributed by atoms with Crippen LogP contribution in [0.4, 0.5) is 0 Å². The van der Waals surface area contributed by atoms with Gasteiger partial charge in [0.1, 0.15) is 0 Å². The molecule has 0 aliphatic carbocycles. The van der Waals surface area contributed by atoms with E-state index in [1.54, 1.807) is 31.2 Å². The third-order valence-electron chi connectivity index (χ3n) is 3.58. The minimum absolute atomic E-state index is 0. The van der Waals surface area contributed by atoms with Gasteiger partial charge in [0.25, 0.3) is 0 Å². The van der Waals surface area contributed by atoms with Gasteiger partial charge in [-0.2, -0.15) is 0 Å². The summed E-state index contributed by atoms with van der Waals surface area (Å²) < 4.78 is 0.884. The summed E-state index contributed by atoms with van der Waals surface area (Å²) in [5.74, 6) is -0.660. The normalized spacial score (nSPS) is 12.5. The Hall–Kier alpha value is -1.44. The Labute approximate surface area is 163 Å². The number of halogens is 2. The average Bonchev–Trinajstić information content (AvgIpc) is 2.57. The monoisotopic (exact) mass is 433 g/mol. The van der Waals surface area contributed by atoms with Crippen molar-refractivity contribution < 1.29 is 14.4 Å². The predicted octanol–water partition coefficient (Wildman–Crippen LogP) is 2.06. The fourth-order valence-corrected chi connectivity index (χ4v) is 2.19. The second kappa shape index (κ2) is 12.0. The van der Waals surface area contributed by atoms with Crippen LogP contribution in [0, 0.1) is 0 Å². The van der Waals surface area contributed by atoms with Crippen LogP contribution in [0.1, 0.15) is 37.0 Å². The lowest BCUT2D eigenvalue weighted by atomic mass is 10.1. The van der Waals surface area contributed by atoms with Crippen LogP contribution < -0.4 is 16.0 Å². The van der Waals surface area contributed by atoms with Crippen LogP contribution in [-0.4, -0.2) is 43.3 Å². The molecule has 0 spiro atoms. The van der Waals surface area contributed by atoms with Gasteiger partial charge in [-0.05, 0) is 33.0 Å². The van der Waals surface area contributed by atoms with Gasteiger partial charge < -0.3 is 16.0 Å². The van der Waals surface area contributed by atoms with Gasteiger partial charge in [-0.1, -0.05) is 28.1 Å². The summed E-state index contributed by atoms with van der Waals surface area (Å²) in [6.07, 6.45) is 0.152. The third-order valence-corrected chi connectivity index (χ3v) is 4.11. The van der Waals surface area contributed by atoms with Crippen molar-refractivity contribution in [3.05, 3.63) is 34.3 Å². The van der Waals surface area contributed by atoms with Crippen molar-refractivity contribution in [2.75, 3.05) is 13.6 Å². The molecule has 25 heavy (non-hydrogen) atoms. The number of ketones is 1. The average molecular weight is 435 g/mol. The molecule has 0 aromatic heterocycles. The Kier molecular flexibility index (Phi) is 11.3. The van der Waals surface area contributed by atoms with Crippen molar-refractivity contribution in [3.63, 3.8) is 0 Å². The van der Waals surface area contributed by atoms with Crippen molar-refractivity contribution in [1.29, 1.82) is 0 Å². The summed E-state index contributed by atoms with van der Waals surface area (Å²) in [7, 11) is 1.81. The maximum Gasteiger partial charge on any atom is 0.221 e. The Morgan fingerprint density at radius 3 is 2.16 bits per heavy atom. The quantitative estimate of drug-likeness (QED) is 0.519. The van der Waals surface area contributed by atoms with Crippen molar-refractivity contribution in [1.82, 2.24) is 16.0 Å². The molecule has 2 unspecified atom stereocenters. The van der Waals surface area contributed by atoms with Crippen LogP contribution in [0.25, 0.3) is 0 Å². The number of nitrogens with one attached hydrogen (secondary N) is 3. The molecule has 2 amide bonds. The second-order valence-corrected chi connectivity index (χ2v) is 6.57. The number of amides is 2. The molecule has 0 saturated carbocycles. The number of carbonyl (C=O) groups is 3. The van der Waals surface area contributed by atoms with Crippen molar-refractivity contribution in [2.45, 2.75) is 38.8 Å². The highest BCUT2D eigenvalue weighted by Gasteiger charge is 2.17. The van der Waals surface area contributed by atoms with E-state index in [2.05, 4.69) is 31.9 Å². The van der Waals surface area contributed by atoms with E-state index < -0.39 is 6.04 Å². The molecular formula is C17H25BrClN3O3. The van der Waals surface area contributed by atoms with Crippen molar-refractivity contribution in [2.24, 2.45) is 0 Å². The first-order valence-corrected chi connectivity index (χ1v) is 8.66. The van der Waals surface area contributed by atoms with Crippen LogP contribution in [-0.2, 0) is 9.59 Å². The molecule has 0 saturated heterocycles. The zero-order chi connectivity index (χ0) is 18.1. The van der Waals surface area contributed by atoms with Crippen molar-refractivity contribution >= 4 is 45.9 Å². The smallest absolute Gasteiger partial charge is 0.221 e. The zero-order valence-electron chi connectivity index (χ0n) is 14.6. The summed E-state index contributed by atoms with van der Waals surface area (Å²) in [6.45, 7) is 4.09. The van der Waals surface area contributed by atoms with Gasteiger partial charge in [-0.3, -0.25) is 14.4 Å². The third kappa shape index (κ3) is 9.00. The van der Waals surface area contributed by atoms with E-state index in [1.165, 1.54) is 0 Å². The van der Waals surface area contributed by atoms with E-state index in [-0.39, 0.29) is 48.9 Å². The summed E-state index contributed by atoms with van der Waals surface area (Å²) >= 11 is 3.31. The Bertz CT molecular complexity index is 581. The number of hydrogen-bond donors (Lipinski definition) is 3. The van der Waals surface area contributed by atoms with E-state index >= 15 is 0 Å². The zero-order valence-corrected chi connectivity index (χ0v) is 17.0. The number of likely N-dealkylation sites (N-methyl/N-ethyl adjacent to an activating group) is 1. The number of benzene rings is 1. The number of carbonyl (C=O) groups excluding carboxylic acids is 3. The summed E-state index contributed by atoms with van der Waals surface area (Å²) in [4.78, 5) is 35.8. The van der Waals surface area contributed by atoms with Gasteiger partial charge in [0.15, 0.2) is 5.78 Å². The van der Waals surface area contributed by atoms with E-state index in [0.29, 0.717) is 12.1 Å². The molecule has 2 atom stereocenters. The SMILES string of the molecule is CNC(C)CNC(=O)CCC(=O)NC(C)C(=O)c1ccc(Br)cc1.Cl. The van der Waals surface area contributed by atoms with Gasteiger partial charge in [-0.25, -0.2) is 0 Å². The Balaban J connectivity index is 0.00000576. The number of rotatable bonds is 9. The minimum atomic E-state index is -0.633. The molecule has 0 radical (unpaired) electrons. The lowest BCUT2D eigenvalue weighted by Crippen LogP contribution is -2.40. The highest BCUT2D eigenvalue weighted by molar-refractivity contribution is 9.10. The molecule has 0 aliphatic heterocycles. The molecule has 6 nitrogen and oxygen atoms in total. The Morgan fingerprint density at radius 1 is 1.04 bits per heavy atom. The lowest BCUT2D eigenvalue weighted by molar-refractivity contribution is -0.126. The van der Waals surface area contributed by atoms with E-state index in [9.17, 15) is 14.4 Å². The van der Waals surface area contributed by atoms with Gasteiger partial charge in [0.2, 0.25) is 11.8 Å². The predicted molar refractivity (Wildman–Crippen MR) is 104 cm³/mol. The van der Waals surface area contributed by atoms with Crippen LogP contribution in [0.3, 0.4) is 0 Å². The number of Topliss-reactive ketones (excluding diaryl/α,β-unsaturated/α-hetero) is 1. The first kappa shape index (κ1) is 23.6. The highest BCUT2D eigenvalue weighted by atomic mass is 79.9. The van der Waals surface area contributed by atoms with Gasteiger partial charge >= 0.3 is 0 Å².